The van der Waals surface area contributed by atoms with Crippen LogP contribution in [0.4, 0.5) is 0 Å². The first kappa shape index (κ1) is 20.2. The van der Waals surface area contributed by atoms with E-state index in [9.17, 15) is 16.8 Å². The third-order valence-corrected chi connectivity index (χ3v) is 6.33. The number of rotatable bonds is 9. The van der Waals surface area contributed by atoms with Crippen molar-refractivity contribution in [3.8, 4) is 11.5 Å². The fourth-order valence-electron chi connectivity index (χ4n) is 2.07. The summed E-state index contributed by atoms with van der Waals surface area (Å²) in [7, 11) is -4.67. The van der Waals surface area contributed by atoms with E-state index < -0.39 is 20.0 Å². The van der Waals surface area contributed by atoms with Crippen LogP contribution < -0.4 is 18.9 Å². The first-order chi connectivity index (χ1) is 12.3. The molecule has 0 amide bonds. The van der Waals surface area contributed by atoms with Crippen molar-refractivity contribution in [2.24, 2.45) is 0 Å². The minimum Gasteiger partial charge on any atom is -0.497 e. The molecule has 0 spiro atoms. The highest BCUT2D eigenvalue weighted by Gasteiger charge is 2.17. The Kier molecular flexibility index (Phi) is 6.59. The van der Waals surface area contributed by atoms with Crippen molar-refractivity contribution in [2.45, 2.75) is 9.79 Å². The predicted octanol–water partition coefficient (Wildman–Crippen LogP) is 0.961. The van der Waals surface area contributed by atoms with Gasteiger partial charge in [0.15, 0.2) is 0 Å². The fourth-order valence-corrected chi connectivity index (χ4v) is 4.21. The van der Waals surface area contributed by atoms with Crippen molar-refractivity contribution in [3.63, 3.8) is 0 Å². The largest absolute Gasteiger partial charge is 0.497 e. The quantitative estimate of drug-likeness (QED) is 0.607. The summed E-state index contributed by atoms with van der Waals surface area (Å²) in [6, 6.07) is 12.0. The van der Waals surface area contributed by atoms with Gasteiger partial charge in [0.2, 0.25) is 20.0 Å². The predicted molar refractivity (Wildman–Crippen MR) is 96.4 cm³/mol. The van der Waals surface area contributed by atoms with Gasteiger partial charge in [0.25, 0.3) is 0 Å². The van der Waals surface area contributed by atoms with Crippen LogP contribution in [-0.4, -0.2) is 44.1 Å². The van der Waals surface area contributed by atoms with Crippen LogP contribution in [0.3, 0.4) is 0 Å². The first-order valence-electron chi connectivity index (χ1n) is 7.56. The molecule has 0 aliphatic heterocycles. The smallest absolute Gasteiger partial charge is 0.240 e. The Morgan fingerprint density at radius 3 is 1.46 bits per heavy atom. The highest BCUT2D eigenvalue weighted by molar-refractivity contribution is 7.89. The van der Waals surface area contributed by atoms with E-state index in [1.165, 1.54) is 38.5 Å². The Morgan fingerprint density at radius 2 is 1.12 bits per heavy atom. The van der Waals surface area contributed by atoms with Crippen LogP contribution in [0.2, 0.25) is 0 Å². The molecule has 0 radical (unpaired) electrons. The molecule has 0 heterocycles. The fraction of sp³-hybridized carbons (Fsp3) is 0.250. The van der Waals surface area contributed by atoms with Gasteiger partial charge in [-0.25, -0.2) is 26.3 Å². The Bertz CT molecular complexity index is 879. The summed E-state index contributed by atoms with van der Waals surface area (Å²) in [6.45, 7) is -0.217. The van der Waals surface area contributed by atoms with E-state index in [2.05, 4.69) is 9.44 Å². The van der Waals surface area contributed by atoms with E-state index in [0.717, 1.165) is 0 Å². The summed E-state index contributed by atoms with van der Waals surface area (Å²) in [5, 5.41) is 0. The Labute approximate surface area is 153 Å². The molecule has 0 aliphatic rings. The molecule has 10 heteroatoms. The van der Waals surface area contributed by atoms with Gasteiger partial charge < -0.3 is 9.47 Å². The SMILES string of the molecule is COc1cccc(S(=O)(=O)NCCNS(=O)(=O)c2cccc(OC)c2)c1. The monoisotopic (exact) mass is 400 g/mol. The van der Waals surface area contributed by atoms with Crippen LogP contribution in [0, 0.1) is 0 Å². The van der Waals surface area contributed by atoms with E-state index >= 15 is 0 Å². The summed E-state index contributed by atoms with van der Waals surface area (Å²) in [5.74, 6) is 0.818. The Hall–Kier alpha value is -2.14. The second kappa shape index (κ2) is 8.49. The number of nitrogens with one attached hydrogen (secondary N) is 2. The lowest BCUT2D eigenvalue weighted by Crippen LogP contribution is -2.34. The molecule has 0 saturated heterocycles. The molecule has 2 aromatic rings. The molecule has 0 atom stereocenters. The lowest BCUT2D eigenvalue weighted by Gasteiger charge is -2.10. The van der Waals surface area contributed by atoms with Crippen LogP contribution in [0.25, 0.3) is 0 Å². The van der Waals surface area contributed by atoms with E-state index in [1.807, 2.05) is 0 Å². The van der Waals surface area contributed by atoms with Gasteiger partial charge in [0.05, 0.1) is 24.0 Å². The molecular weight excluding hydrogens is 380 g/mol. The van der Waals surface area contributed by atoms with E-state index in [0.29, 0.717) is 11.5 Å². The second-order valence-electron chi connectivity index (χ2n) is 5.15. The van der Waals surface area contributed by atoms with Gasteiger partial charge in [-0.05, 0) is 24.3 Å². The van der Waals surface area contributed by atoms with Gasteiger partial charge in [-0.2, -0.15) is 0 Å². The summed E-state index contributed by atoms with van der Waals surface area (Å²) in [4.78, 5) is 0.0694. The maximum absolute atomic E-state index is 12.2. The molecule has 8 nitrogen and oxygen atoms in total. The van der Waals surface area contributed by atoms with Crippen LogP contribution in [0.15, 0.2) is 58.3 Å². The molecule has 2 aromatic carbocycles. The zero-order valence-corrected chi connectivity index (χ0v) is 15.9. The highest BCUT2D eigenvalue weighted by atomic mass is 32.2. The zero-order valence-electron chi connectivity index (χ0n) is 14.3. The minimum absolute atomic E-state index is 0.0347. The lowest BCUT2D eigenvalue weighted by molar-refractivity contribution is 0.413. The molecule has 0 fully saturated rings. The third-order valence-electron chi connectivity index (χ3n) is 3.41. The second-order valence-corrected chi connectivity index (χ2v) is 8.69. The van der Waals surface area contributed by atoms with Gasteiger partial charge in [0, 0.05) is 25.2 Å². The van der Waals surface area contributed by atoms with Crippen LogP contribution in [0.5, 0.6) is 11.5 Å². The van der Waals surface area contributed by atoms with Gasteiger partial charge in [-0.3, -0.25) is 0 Å². The minimum atomic E-state index is -3.77. The summed E-state index contributed by atoms with van der Waals surface area (Å²) in [5.41, 5.74) is 0. The third kappa shape index (κ3) is 5.18. The van der Waals surface area contributed by atoms with Gasteiger partial charge >= 0.3 is 0 Å². The maximum atomic E-state index is 12.2. The number of benzene rings is 2. The molecule has 2 N–H and O–H groups in total. The lowest BCUT2D eigenvalue weighted by atomic mass is 10.3. The summed E-state index contributed by atoms with van der Waals surface area (Å²) >= 11 is 0. The summed E-state index contributed by atoms with van der Waals surface area (Å²) in [6.07, 6.45) is 0. The van der Waals surface area contributed by atoms with Crippen molar-refractivity contribution >= 4 is 20.0 Å². The molecule has 142 valence electrons. The Morgan fingerprint density at radius 1 is 0.731 bits per heavy atom. The van der Waals surface area contributed by atoms with Gasteiger partial charge in [0.1, 0.15) is 11.5 Å². The van der Waals surface area contributed by atoms with Gasteiger partial charge in [-0.1, -0.05) is 12.1 Å². The van der Waals surface area contributed by atoms with Crippen molar-refractivity contribution in [1.29, 1.82) is 0 Å². The molecule has 0 unspecified atom stereocenters. The maximum Gasteiger partial charge on any atom is 0.240 e. The average molecular weight is 400 g/mol. The van der Waals surface area contributed by atoms with Crippen molar-refractivity contribution in [1.82, 2.24) is 9.44 Å². The molecule has 0 saturated carbocycles. The number of hydrogen-bond donors (Lipinski definition) is 2. The molecule has 2 rings (SSSR count). The van der Waals surface area contributed by atoms with Gasteiger partial charge in [-0.15, -0.1) is 0 Å². The van der Waals surface area contributed by atoms with Crippen LogP contribution in [-0.2, 0) is 20.0 Å². The summed E-state index contributed by atoms with van der Waals surface area (Å²) < 4.78 is 63.5. The highest BCUT2D eigenvalue weighted by Crippen LogP contribution is 2.17. The number of hydrogen-bond acceptors (Lipinski definition) is 6. The van der Waals surface area contributed by atoms with Crippen LogP contribution >= 0.6 is 0 Å². The first-order valence-corrected chi connectivity index (χ1v) is 10.5. The molecule has 26 heavy (non-hydrogen) atoms. The topological polar surface area (TPSA) is 111 Å². The van der Waals surface area contributed by atoms with Crippen LogP contribution in [0.1, 0.15) is 0 Å². The van der Waals surface area contributed by atoms with E-state index in [1.54, 1.807) is 24.3 Å². The molecule has 0 bridgehead atoms. The number of methoxy groups -OCH3 is 2. The molecular formula is C16H20N2O6S2. The number of ether oxygens (including phenoxy) is 2. The normalized spacial score (nSPS) is 11.9. The van der Waals surface area contributed by atoms with E-state index in [-0.39, 0.29) is 22.9 Å². The van der Waals surface area contributed by atoms with E-state index in [4.69, 9.17) is 9.47 Å². The van der Waals surface area contributed by atoms with Crippen molar-refractivity contribution < 1.29 is 26.3 Å². The molecule has 0 aromatic heterocycles. The average Bonchev–Trinajstić information content (AvgIpc) is 2.65. The van der Waals surface area contributed by atoms with Crippen molar-refractivity contribution in [3.05, 3.63) is 48.5 Å². The Balaban J connectivity index is 1.96. The zero-order chi connectivity index (χ0) is 19.2. The van der Waals surface area contributed by atoms with Crippen molar-refractivity contribution in [2.75, 3.05) is 27.3 Å². The number of sulfonamides is 2. The standard InChI is InChI=1S/C16H20N2O6S2/c1-23-13-5-3-7-15(11-13)25(19,20)17-9-10-18-26(21,22)16-8-4-6-14(12-16)24-2/h3-8,11-12,17-18H,9-10H2,1-2H3. The molecule has 0 aliphatic carbocycles.